The molecular formula is C19H18FN3O. The van der Waals surface area contributed by atoms with Gasteiger partial charge >= 0.3 is 0 Å². The third-order valence-corrected chi connectivity index (χ3v) is 4.14. The highest BCUT2D eigenvalue weighted by Crippen LogP contribution is 2.25. The first-order valence-electron chi connectivity index (χ1n) is 8.01. The van der Waals surface area contributed by atoms with Gasteiger partial charge in [0.1, 0.15) is 11.6 Å². The topological polar surface area (TPSA) is 39.1 Å². The van der Waals surface area contributed by atoms with Crippen LogP contribution in [0, 0.1) is 5.82 Å². The molecule has 0 bridgehead atoms. The number of nitrogens with zero attached hydrogens (tertiary/aromatic N) is 2. The average molecular weight is 323 g/mol. The van der Waals surface area contributed by atoms with E-state index in [1.165, 1.54) is 12.1 Å². The van der Waals surface area contributed by atoms with Gasteiger partial charge < -0.3 is 10.1 Å². The highest BCUT2D eigenvalue weighted by atomic mass is 19.1. The van der Waals surface area contributed by atoms with E-state index in [1.54, 1.807) is 12.1 Å². The van der Waals surface area contributed by atoms with Crippen LogP contribution in [-0.4, -0.2) is 22.4 Å². The molecule has 2 heterocycles. The standard InChI is InChI=1S/C19H18FN3O/c20-16-8-6-15(7-9-16)18-10-19-21-11-17(12-23(19)22-18)24-13-14-4-2-1-3-5-14/h1-10,17,21H,11-13H2/t17-/m0/s1. The Morgan fingerprint density at radius 2 is 1.92 bits per heavy atom. The predicted molar refractivity (Wildman–Crippen MR) is 91.1 cm³/mol. The Hall–Kier alpha value is -2.66. The number of anilines is 1. The van der Waals surface area contributed by atoms with Crippen molar-refractivity contribution in [1.29, 1.82) is 0 Å². The molecule has 2 aromatic carbocycles. The molecule has 0 fully saturated rings. The molecule has 0 saturated heterocycles. The Balaban J connectivity index is 1.44. The van der Waals surface area contributed by atoms with Gasteiger partial charge in [0.2, 0.25) is 0 Å². The van der Waals surface area contributed by atoms with E-state index in [4.69, 9.17) is 4.74 Å². The molecule has 1 aromatic heterocycles. The Bertz CT molecular complexity index is 814. The molecule has 0 amide bonds. The lowest BCUT2D eigenvalue weighted by molar-refractivity contribution is 0.0320. The van der Waals surface area contributed by atoms with Gasteiger partial charge in [-0.05, 0) is 29.8 Å². The van der Waals surface area contributed by atoms with Crippen molar-refractivity contribution in [3.05, 3.63) is 72.0 Å². The summed E-state index contributed by atoms with van der Waals surface area (Å²) in [7, 11) is 0. The second kappa shape index (κ2) is 6.45. The Morgan fingerprint density at radius 3 is 2.71 bits per heavy atom. The van der Waals surface area contributed by atoms with Crippen molar-refractivity contribution in [1.82, 2.24) is 9.78 Å². The molecule has 3 aromatic rings. The van der Waals surface area contributed by atoms with Crippen molar-refractivity contribution in [2.75, 3.05) is 11.9 Å². The molecule has 4 rings (SSSR count). The van der Waals surface area contributed by atoms with Crippen molar-refractivity contribution in [3.8, 4) is 11.3 Å². The average Bonchev–Trinajstić information content (AvgIpc) is 3.05. The van der Waals surface area contributed by atoms with Crippen LogP contribution in [0.25, 0.3) is 11.3 Å². The van der Waals surface area contributed by atoms with E-state index >= 15 is 0 Å². The van der Waals surface area contributed by atoms with E-state index in [0.29, 0.717) is 13.2 Å². The van der Waals surface area contributed by atoms with Gasteiger partial charge in [0.05, 0.1) is 24.9 Å². The van der Waals surface area contributed by atoms with Crippen molar-refractivity contribution >= 4 is 5.82 Å². The van der Waals surface area contributed by atoms with Crippen LogP contribution in [0.1, 0.15) is 5.56 Å². The molecule has 5 heteroatoms. The first kappa shape index (κ1) is 14.9. The van der Waals surface area contributed by atoms with Gasteiger partial charge in [0.15, 0.2) is 0 Å². The Kier molecular flexibility index (Phi) is 4.01. The molecule has 4 nitrogen and oxygen atoms in total. The van der Waals surface area contributed by atoms with E-state index in [9.17, 15) is 4.39 Å². The van der Waals surface area contributed by atoms with Crippen LogP contribution >= 0.6 is 0 Å². The summed E-state index contributed by atoms with van der Waals surface area (Å²) in [5.74, 6) is 0.726. The van der Waals surface area contributed by atoms with Gasteiger partial charge in [-0.25, -0.2) is 9.07 Å². The second-order valence-corrected chi connectivity index (χ2v) is 5.90. The summed E-state index contributed by atoms with van der Waals surface area (Å²) in [6.07, 6.45) is 0.0682. The van der Waals surface area contributed by atoms with Crippen molar-refractivity contribution in [2.45, 2.75) is 19.3 Å². The number of aromatic nitrogens is 2. The van der Waals surface area contributed by atoms with Crippen LogP contribution in [0.5, 0.6) is 0 Å². The summed E-state index contributed by atoms with van der Waals surface area (Å²) in [6.45, 7) is 2.05. The summed E-state index contributed by atoms with van der Waals surface area (Å²) in [4.78, 5) is 0. The van der Waals surface area contributed by atoms with Gasteiger partial charge in [-0.3, -0.25) is 0 Å². The molecule has 1 aliphatic rings. The van der Waals surface area contributed by atoms with Gasteiger partial charge in [-0.2, -0.15) is 5.10 Å². The monoisotopic (exact) mass is 323 g/mol. The molecular weight excluding hydrogens is 305 g/mol. The zero-order chi connectivity index (χ0) is 16.4. The fourth-order valence-corrected chi connectivity index (χ4v) is 2.84. The second-order valence-electron chi connectivity index (χ2n) is 5.90. The maximum absolute atomic E-state index is 13.1. The fourth-order valence-electron chi connectivity index (χ4n) is 2.84. The smallest absolute Gasteiger partial charge is 0.125 e. The molecule has 1 aliphatic heterocycles. The van der Waals surface area contributed by atoms with Crippen molar-refractivity contribution < 1.29 is 9.13 Å². The minimum absolute atomic E-state index is 0.0682. The quantitative estimate of drug-likeness (QED) is 0.796. The van der Waals surface area contributed by atoms with E-state index in [0.717, 1.165) is 29.2 Å². The first-order valence-corrected chi connectivity index (χ1v) is 8.01. The molecule has 0 aliphatic carbocycles. The van der Waals surface area contributed by atoms with Gasteiger partial charge in [-0.1, -0.05) is 30.3 Å². The fraction of sp³-hybridized carbons (Fsp3) is 0.211. The van der Waals surface area contributed by atoms with E-state index in [1.807, 2.05) is 28.9 Å². The molecule has 0 spiro atoms. The van der Waals surface area contributed by atoms with Crippen LogP contribution in [0.3, 0.4) is 0 Å². The third-order valence-electron chi connectivity index (χ3n) is 4.14. The lowest BCUT2D eigenvalue weighted by atomic mass is 10.1. The molecule has 0 radical (unpaired) electrons. The van der Waals surface area contributed by atoms with Crippen molar-refractivity contribution in [3.63, 3.8) is 0 Å². The maximum Gasteiger partial charge on any atom is 0.125 e. The van der Waals surface area contributed by atoms with Crippen LogP contribution in [0.2, 0.25) is 0 Å². The van der Waals surface area contributed by atoms with E-state index in [-0.39, 0.29) is 11.9 Å². The number of halogens is 1. The first-order chi connectivity index (χ1) is 11.8. The molecule has 1 N–H and O–H groups in total. The maximum atomic E-state index is 13.1. The summed E-state index contributed by atoms with van der Waals surface area (Å²) >= 11 is 0. The molecule has 0 unspecified atom stereocenters. The number of rotatable bonds is 4. The highest BCUT2D eigenvalue weighted by molar-refractivity contribution is 5.63. The number of ether oxygens (including phenoxy) is 1. The zero-order valence-electron chi connectivity index (χ0n) is 13.2. The zero-order valence-corrected chi connectivity index (χ0v) is 13.2. The predicted octanol–water partition coefficient (Wildman–Crippen LogP) is 3.70. The number of benzene rings is 2. The van der Waals surface area contributed by atoms with Gasteiger partial charge in [0.25, 0.3) is 0 Å². The van der Waals surface area contributed by atoms with Gasteiger partial charge in [-0.15, -0.1) is 0 Å². The summed E-state index contributed by atoms with van der Waals surface area (Å²) in [6, 6.07) is 18.5. The summed E-state index contributed by atoms with van der Waals surface area (Å²) < 4.78 is 20.9. The summed E-state index contributed by atoms with van der Waals surface area (Å²) in [5, 5.41) is 7.96. The normalized spacial score (nSPS) is 16.5. The molecule has 122 valence electrons. The van der Waals surface area contributed by atoms with Crippen LogP contribution in [0.15, 0.2) is 60.7 Å². The number of fused-ring (bicyclic) bond motifs is 1. The summed E-state index contributed by atoms with van der Waals surface area (Å²) in [5.41, 5.74) is 2.90. The Labute approximate surface area is 139 Å². The SMILES string of the molecule is Fc1ccc(-c2cc3n(n2)C[C@@H](OCc2ccccc2)CN3)cc1. The molecule has 1 atom stereocenters. The number of hydrogen-bond donors (Lipinski definition) is 1. The van der Waals surface area contributed by atoms with Crippen LogP contribution in [0.4, 0.5) is 10.2 Å². The Morgan fingerprint density at radius 1 is 1.12 bits per heavy atom. The highest BCUT2D eigenvalue weighted by Gasteiger charge is 2.20. The number of nitrogens with one attached hydrogen (secondary N) is 1. The molecule has 0 saturated carbocycles. The lowest BCUT2D eigenvalue weighted by Crippen LogP contribution is -2.34. The van der Waals surface area contributed by atoms with E-state index in [2.05, 4.69) is 22.5 Å². The third kappa shape index (κ3) is 3.16. The molecule has 24 heavy (non-hydrogen) atoms. The van der Waals surface area contributed by atoms with Crippen molar-refractivity contribution in [2.24, 2.45) is 0 Å². The minimum atomic E-state index is -0.241. The van der Waals surface area contributed by atoms with Gasteiger partial charge in [0, 0.05) is 18.2 Å². The minimum Gasteiger partial charge on any atom is -0.370 e. The number of hydrogen-bond acceptors (Lipinski definition) is 3. The largest absolute Gasteiger partial charge is 0.370 e. The van der Waals surface area contributed by atoms with Crippen LogP contribution in [-0.2, 0) is 17.9 Å². The lowest BCUT2D eigenvalue weighted by Gasteiger charge is -2.25. The van der Waals surface area contributed by atoms with E-state index < -0.39 is 0 Å². The van der Waals surface area contributed by atoms with Crippen LogP contribution < -0.4 is 5.32 Å².